The Bertz CT molecular complexity index is 412. The summed E-state index contributed by atoms with van der Waals surface area (Å²) >= 11 is 0. The highest BCUT2D eigenvalue weighted by molar-refractivity contribution is 6.05. The summed E-state index contributed by atoms with van der Waals surface area (Å²) in [5, 5.41) is 6.67. The van der Waals surface area contributed by atoms with Crippen LogP contribution in [0.4, 0.5) is 5.82 Å². The molecule has 0 spiro atoms. The Balaban J connectivity index is 2.27. The molecule has 6 nitrogen and oxygen atoms in total. The number of nitrogens with zero attached hydrogens (tertiary/aromatic N) is 3. The van der Waals surface area contributed by atoms with Crippen molar-refractivity contribution in [2.24, 2.45) is 7.05 Å². The fraction of sp³-hybridized carbons (Fsp3) is 0.444. The van der Waals surface area contributed by atoms with Gasteiger partial charge in [-0.25, -0.2) is 0 Å². The number of hydrogen-bond donors (Lipinski definition) is 1. The summed E-state index contributed by atoms with van der Waals surface area (Å²) in [5.74, 6) is 0.227. The average Bonchev–Trinajstić information content (AvgIpc) is 2.58. The van der Waals surface area contributed by atoms with E-state index in [2.05, 4.69) is 10.4 Å². The second kappa shape index (κ2) is 3.38. The molecule has 2 rings (SSSR count). The molecule has 2 amide bonds. The summed E-state index contributed by atoms with van der Waals surface area (Å²) in [4.78, 5) is 24.4. The zero-order valence-corrected chi connectivity index (χ0v) is 8.60. The molecule has 0 saturated carbocycles. The van der Waals surface area contributed by atoms with Gasteiger partial charge in [-0.05, 0) is 6.92 Å². The van der Waals surface area contributed by atoms with Crippen LogP contribution in [0.5, 0.6) is 0 Å². The highest BCUT2D eigenvalue weighted by Gasteiger charge is 2.31. The second-order valence-corrected chi connectivity index (χ2v) is 3.56. The number of aromatic nitrogens is 2. The van der Waals surface area contributed by atoms with E-state index in [1.54, 1.807) is 30.9 Å². The maximum atomic E-state index is 11.7. The van der Waals surface area contributed by atoms with Gasteiger partial charge >= 0.3 is 0 Å². The number of hydrogen-bond acceptors (Lipinski definition) is 3. The zero-order chi connectivity index (χ0) is 11.0. The van der Waals surface area contributed by atoms with Gasteiger partial charge in [-0.1, -0.05) is 0 Å². The van der Waals surface area contributed by atoms with Gasteiger partial charge in [-0.15, -0.1) is 0 Å². The van der Waals surface area contributed by atoms with Gasteiger partial charge < -0.3 is 5.32 Å². The van der Waals surface area contributed by atoms with Gasteiger partial charge in [0.2, 0.25) is 5.91 Å². The zero-order valence-electron chi connectivity index (χ0n) is 8.60. The minimum Gasteiger partial charge on any atom is -0.343 e. The first kappa shape index (κ1) is 9.70. The SMILES string of the molecule is CC1NC(=O)CN(c2ccn(C)n2)C1=O. The van der Waals surface area contributed by atoms with Gasteiger partial charge in [0.15, 0.2) is 5.82 Å². The number of amides is 2. The van der Waals surface area contributed by atoms with E-state index in [0.29, 0.717) is 5.82 Å². The van der Waals surface area contributed by atoms with Gasteiger partial charge in [-0.3, -0.25) is 19.2 Å². The van der Waals surface area contributed by atoms with Crippen LogP contribution in [0, 0.1) is 0 Å². The van der Waals surface area contributed by atoms with Crippen LogP contribution < -0.4 is 10.2 Å². The quantitative estimate of drug-likeness (QED) is 0.661. The molecule has 1 aliphatic heterocycles. The first-order valence-corrected chi connectivity index (χ1v) is 4.68. The largest absolute Gasteiger partial charge is 0.343 e. The van der Waals surface area contributed by atoms with Crippen LogP contribution in [0.25, 0.3) is 0 Å². The van der Waals surface area contributed by atoms with Crippen LogP contribution >= 0.6 is 0 Å². The number of piperazine rings is 1. The summed E-state index contributed by atoms with van der Waals surface area (Å²) in [7, 11) is 1.77. The average molecular weight is 208 g/mol. The highest BCUT2D eigenvalue weighted by atomic mass is 16.2. The maximum Gasteiger partial charge on any atom is 0.250 e. The standard InChI is InChI=1S/C9H12N4O2/c1-6-9(15)13(5-8(14)10-6)7-3-4-12(2)11-7/h3-4,6H,5H2,1-2H3,(H,10,14). The molecule has 1 N–H and O–H groups in total. The van der Waals surface area contributed by atoms with E-state index in [1.165, 1.54) is 4.90 Å². The molecule has 1 saturated heterocycles. The van der Waals surface area contributed by atoms with Crippen molar-refractivity contribution in [2.45, 2.75) is 13.0 Å². The van der Waals surface area contributed by atoms with Crippen molar-refractivity contribution in [1.29, 1.82) is 0 Å². The summed E-state index contributed by atoms with van der Waals surface area (Å²) in [6, 6.07) is 1.23. The Kier molecular flexibility index (Phi) is 2.18. The Morgan fingerprint density at radius 3 is 2.87 bits per heavy atom. The monoisotopic (exact) mass is 208 g/mol. The number of aryl methyl sites for hydroxylation is 1. The van der Waals surface area contributed by atoms with E-state index < -0.39 is 6.04 Å². The molecule has 1 unspecified atom stereocenters. The van der Waals surface area contributed by atoms with Crippen LogP contribution in [-0.2, 0) is 16.6 Å². The van der Waals surface area contributed by atoms with Crippen LogP contribution in [-0.4, -0.2) is 34.2 Å². The van der Waals surface area contributed by atoms with Crippen molar-refractivity contribution in [2.75, 3.05) is 11.4 Å². The normalized spacial score (nSPS) is 21.7. The number of carbonyl (C=O) groups excluding carboxylic acids is 2. The first-order valence-electron chi connectivity index (χ1n) is 4.68. The highest BCUT2D eigenvalue weighted by Crippen LogP contribution is 2.13. The van der Waals surface area contributed by atoms with Crippen LogP contribution in [0.2, 0.25) is 0 Å². The molecule has 0 radical (unpaired) electrons. The Morgan fingerprint density at radius 1 is 1.53 bits per heavy atom. The smallest absolute Gasteiger partial charge is 0.250 e. The van der Waals surface area contributed by atoms with Crippen molar-refractivity contribution < 1.29 is 9.59 Å². The minimum atomic E-state index is -0.478. The van der Waals surface area contributed by atoms with E-state index in [0.717, 1.165) is 0 Å². The van der Waals surface area contributed by atoms with Gasteiger partial charge in [-0.2, -0.15) is 5.10 Å². The Labute approximate surface area is 86.9 Å². The van der Waals surface area contributed by atoms with E-state index >= 15 is 0 Å². The van der Waals surface area contributed by atoms with Crippen molar-refractivity contribution in [3.63, 3.8) is 0 Å². The maximum absolute atomic E-state index is 11.7. The molecule has 15 heavy (non-hydrogen) atoms. The van der Waals surface area contributed by atoms with Crippen LogP contribution in [0.15, 0.2) is 12.3 Å². The molecule has 0 bridgehead atoms. The second-order valence-electron chi connectivity index (χ2n) is 3.56. The summed E-state index contributed by atoms with van der Waals surface area (Å²) < 4.78 is 1.60. The summed E-state index contributed by atoms with van der Waals surface area (Å²) in [6.45, 7) is 1.70. The lowest BCUT2D eigenvalue weighted by molar-refractivity contribution is -0.130. The van der Waals surface area contributed by atoms with Crippen molar-refractivity contribution in [3.8, 4) is 0 Å². The molecular weight excluding hydrogens is 196 g/mol. The van der Waals surface area contributed by atoms with E-state index in [4.69, 9.17) is 0 Å². The number of nitrogens with one attached hydrogen (secondary N) is 1. The lowest BCUT2D eigenvalue weighted by Crippen LogP contribution is -2.57. The molecule has 1 fully saturated rings. The minimum absolute atomic E-state index is 0.0419. The number of carbonyl (C=O) groups is 2. The van der Waals surface area contributed by atoms with Gasteiger partial charge in [0.25, 0.3) is 5.91 Å². The Hall–Kier alpha value is -1.85. The van der Waals surface area contributed by atoms with Crippen LogP contribution in [0.1, 0.15) is 6.92 Å². The van der Waals surface area contributed by atoms with Crippen LogP contribution in [0.3, 0.4) is 0 Å². The van der Waals surface area contributed by atoms with E-state index in [1.807, 2.05) is 0 Å². The van der Waals surface area contributed by atoms with Gasteiger partial charge in [0.05, 0.1) is 0 Å². The fourth-order valence-electron chi connectivity index (χ4n) is 1.54. The van der Waals surface area contributed by atoms with Crippen molar-refractivity contribution in [3.05, 3.63) is 12.3 Å². The first-order chi connectivity index (χ1) is 7.08. The topological polar surface area (TPSA) is 67.2 Å². The molecular formula is C9H12N4O2. The molecule has 80 valence electrons. The third kappa shape index (κ3) is 1.70. The predicted molar refractivity (Wildman–Crippen MR) is 53.2 cm³/mol. The third-order valence-corrected chi connectivity index (χ3v) is 2.29. The van der Waals surface area contributed by atoms with Crippen molar-refractivity contribution >= 4 is 17.6 Å². The lowest BCUT2D eigenvalue weighted by Gasteiger charge is -2.28. The van der Waals surface area contributed by atoms with Crippen molar-refractivity contribution in [1.82, 2.24) is 15.1 Å². The summed E-state index contributed by atoms with van der Waals surface area (Å²) in [5.41, 5.74) is 0. The molecule has 6 heteroatoms. The molecule has 2 heterocycles. The predicted octanol–water partition coefficient (Wildman–Crippen LogP) is -0.729. The number of anilines is 1. The van der Waals surface area contributed by atoms with E-state index in [9.17, 15) is 9.59 Å². The summed E-state index contributed by atoms with van der Waals surface area (Å²) in [6.07, 6.45) is 1.74. The number of rotatable bonds is 1. The van der Waals surface area contributed by atoms with E-state index in [-0.39, 0.29) is 18.4 Å². The Morgan fingerprint density at radius 2 is 2.27 bits per heavy atom. The molecule has 0 aromatic carbocycles. The van der Waals surface area contributed by atoms with Gasteiger partial charge in [0, 0.05) is 19.3 Å². The van der Waals surface area contributed by atoms with Gasteiger partial charge in [0.1, 0.15) is 12.6 Å². The molecule has 1 aromatic rings. The molecule has 0 aliphatic carbocycles. The fourth-order valence-corrected chi connectivity index (χ4v) is 1.54. The molecule has 1 atom stereocenters. The lowest BCUT2D eigenvalue weighted by atomic mass is 10.2. The third-order valence-electron chi connectivity index (χ3n) is 2.29. The molecule has 1 aliphatic rings. The molecule has 1 aromatic heterocycles.